The molecule has 0 spiro atoms. The summed E-state index contributed by atoms with van der Waals surface area (Å²) in [4.78, 5) is 39.7. The van der Waals surface area contributed by atoms with E-state index in [0.29, 0.717) is 32.1 Å². The van der Waals surface area contributed by atoms with Gasteiger partial charge in [0.25, 0.3) is 0 Å². The molecule has 66 heavy (non-hydrogen) atoms. The van der Waals surface area contributed by atoms with E-state index in [1.807, 2.05) is 0 Å². The first-order valence-electron chi connectivity index (χ1n) is 23.7. The van der Waals surface area contributed by atoms with Gasteiger partial charge in [-0.2, -0.15) is 0 Å². The molecule has 374 valence electrons. The fourth-order valence-electron chi connectivity index (χ4n) is 14.7. The maximum atomic E-state index is 13.8. The van der Waals surface area contributed by atoms with Crippen LogP contribution in [0.5, 0.6) is 0 Å². The summed E-state index contributed by atoms with van der Waals surface area (Å²) in [5.74, 6) is -2.62. The first kappa shape index (κ1) is 50.2. The van der Waals surface area contributed by atoms with Crippen LogP contribution in [-0.4, -0.2) is 175 Å². The van der Waals surface area contributed by atoms with Crippen LogP contribution in [0.15, 0.2) is 11.6 Å². The van der Waals surface area contributed by atoms with Gasteiger partial charge in [0.05, 0.1) is 30.1 Å². The quantitative estimate of drug-likeness (QED) is 0.0815. The molecule has 3 heterocycles. The summed E-state index contributed by atoms with van der Waals surface area (Å²) in [6.45, 7) is 11.8. The van der Waals surface area contributed by atoms with Crippen LogP contribution in [0.25, 0.3) is 0 Å². The molecule has 0 unspecified atom stereocenters. The molecule has 19 heteroatoms. The van der Waals surface area contributed by atoms with Gasteiger partial charge in [0.2, 0.25) is 0 Å². The van der Waals surface area contributed by atoms with Crippen molar-refractivity contribution in [2.45, 2.75) is 198 Å². The Bertz CT molecular complexity index is 1880. The summed E-state index contributed by atoms with van der Waals surface area (Å²) in [5.41, 5.74) is -1.72. The number of carbonyl (C=O) groups is 3. The molecule has 19 nitrogen and oxygen atoms in total. The van der Waals surface area contributed by atoms with Gasteiger partial charge in [0.15, 0.2) is 25.0 Å². The maximum absolute atomic E-state index is 13.8. The van der Waals surface area contributed by atoms with E-state index in [4.69, 9.17) is 28.4 Å². The highest BCUT2D eigenvalue weighted by Crippen LogP contribution is 2.76. The standard InChI is InChI=1S/C47H72O19/c1-42(2)13-15-47(41(59)60)16-14-45(5)21(22(47)17-42)7-8-26-43(3)11-10-27(44(4,20-49)25(43)9-12-46(26,45)6)63-40-36(66-39-32(55)30(53)29(52)24(18-48)62-39)34(33(56)35(65-40)37(57)58)64-38-31(54)28(51)23(50)19-61-38/h7,20,22-36,38-40,48,50-56H,8-19H2,1-6H3,(H,57,58)(H,59,60)/t22-,23-,24-,25-,26-,27+,28-,29+,30+,31-,32-,33+,34+,35+,36-,38+,39+,40-,43+,44+,45-,46-,47+/m1/s1. The van der Waals surface area contributed by atoms with Gasteiger partial charge in [-0.15, -0.1) is 0 Å². The van der Waals surface area contributed by atoms with Crippen molar-refractivity contribution < 1.29 is 93.9 Å². The average Bonchev–Trinajstić information content (AvgIpc) is 3.26. The third kappa shape index (κ3) is 7.65. The highest BCUT2D eigenvalue weighted by Gasteiger charge is 2.70. The molecule has 0 radical (unpaired) electrons. The van der Waals surface area contributed by atoms with Crippen molar-refractivity contribution in [2.75, 3.05) is 13.2 Å². The van der Waals surface area contributed by atoms with Crippen LogP contribution in [-0.2, 0) is 42.8 Å². The number of aliphatic hydroxyl groups excluding tert-OH is 8. The molecule has 0 aromatic heterocycles. The lowest BCUT2D eigenvalue weighted by molar-refractivity contribution is -0.391. The van der Waals surface area contributed by atoms with Gasteiger partial charge in [-0.05, 0) is 104 Å². The summed E-state index contributed by atoms with van der Waals surface area (Å²) in [5, 5.41) is 106. The van der Waals surface area contributed by atoms with Crippen molar-refractivity contribution in [1.82, 2.24) is 0 Å². The first-order valence-corrected chi connectivity index (χ1v) is 23.7. The Morgan fingerprint density at radius 1 is 0.727 bits per heavy atom. The third-order valence-corrected chi connectivity index (χ3v) is 18.9. The minimum absolute atomic E-state index is 0.000855. The van der Waals surface area contributed by atoms with Gasteiger partial charge in [-0.25, -0.2) is 4.79 Å². The van der Waals surface area contributed by atoms with Crippen LogP contribution >= 0.6 is 0 Å². The largest absolute Gasteiger partial charge is 0.481 e. The topological polar surface area (TPSA) is 309 Å². The van der Waals surface area contributed by atoms with Crippen molar-refractivity contribution in [3.63, 3.8) is 0 Å². The first-order chi connectivity index (χ1) is 30.8. The van der Waals surface area contributed by atoms with Crippen LogP contribution in [0, 0.1) is 50.2 Å². The summed E-state index contributed by atoms with van der Waals surface area (Å²) < 4.78 is 35.9. The normalized spacial score (nSPS) is 53.5. The second kappa shape index (κ2) is 17.6. The van der Waals surface area contributed by atoms with Crippen molar-refractivity contribution >= 4 is 18.2 Å². The number of hydrogen-bond donors (Lipinski definition) is 10. The smallest absolute Gasteiger partial charge is 0.335 e. The number of ether oxygens (including phenoxy) is 6. The molecule has 7 fully saturated rings. The zero-order valence-electron chi connectivity index (χ0n) is 38.7. The van der Waals surface area contributed by atoms with Gasteiger partial charge in [0.1, 0.15) is 67.3 Å². The van der Waals surface area contributed by atoms with Gasteiger partial charge in [0, 0.05) is 0 Å². The van der Waals surface area contributed by atoms with Gasteiger partial charge in [-0.3, -0.25) is 4.79 Å². The molecule has 23 atom stereocenters. The zero-order valence-corrected chi connectivity index (χ0v) is 38.7. The molecular weight excluding hydrogens is 868 g/mol. The Morgan fingerprint density at radius 3 is 2.05 bits per heavy atom. The van der Waals surface area contributed by atoms with E-state index in [1.165, 1.54) is 5.57 Å². The lowest BCUT2D eigenvalue weighted by Gasteiger charge is -2.71. The second-order valence-electron chi connectivity index (χ2n) is 22.7. The lowest BCUT2D eigenvalue weighted by atomic mass is 9.33. The predicted octanol–water partition coefficient (Wildman–Crippen LogP) is 0.617. The van der Waals surface area contributed by atoms with Crippen LogP contribution in [0.2, 0.25) is 0 Å². The fourth-order valence-corrected chi connectivity index (χ4v) is 14.7. The number of aldehydes is 1. The second-order valence-corrected chi connectivity index (χ2v) is 22.7. The summed E-state index contributed by atoms with van der Waals surface area (Å²) in [6.07, 6.45) is -17.0. The number of rotatable bonds is 10. The summed E-state index contributed by atoms with van der Waals surface area (Å²) in [7, 11) is 0. The number of hydrogen-bond acceptors (Lipinski definition) is 17. The molecule has 4 saturated carbocycles. The van der Waals surface area contributed by atoms with Crippen molar-refractivity contribution in [3.8, 4) is 0 Å². The van der Waals surface area contributed by atoms with Gasteiger partial charge in [-0.1, -0.05) is 53.2 Å². The van der Waals surface area contributed by atoms with Crippen LogP contribution < -0.4 is 0 Å². The van der Waals surface area contributed by atoms with Crippen molar-refractivity contribution in [3.05, 3.63) is 11.6 Å². The zero-order chi connectivity index (χ0) is 48.3. The maximum Gasteiger partial charge on any atom is 0.335 e. The number of carboxylic acid groups (broad SMARTS) is 2. The molecule has 3 aliphatic heterocycles. The lowest BCUT2D eigenvalue weighted by Crippen LogP contribution is -2.68. The van der Waals surface area contributed by atoms with Crippen LogP contribution in [0.1, 0.15) is 106 Å². The van der Waals surface area contributed by atoms with E-state index in [1.54, 1.807) is 6.92 Å². The summed E-state index contributed by atoms with van der Waals surface area (Å²) >= 11 is 0. The Morgan fingerprint density at radius 2 is 1.39 bits per heavy atom. The molecule has 0 aromatic carbocycles. The van der Waals surface area contributed by atoms with Gasteiger partial charge >= 0.3 is 11.9 Å². The molecule has 3 saturated heterocycles. The Kier molecular flexibility index (Phi) is 13.4. The number of fused-ring (bicyclic) bond motifs is 7. The van der Waals surface area contributed by atoms with E-state index in [9.17, 15) is 65.4 Å². The van der Waals surface area contributed by atoms with Crippen LogP contribution in [0.4, 0.5) is 0 Å². The number of carboxylic acids is 2. The Labute approximate surface area is 384 Å². The number of allylic oxidation sites excluding steroid dienone is 2. The molecule has 0 amide bonds. The third-order valence-electron chi connectivity index (χ3n) is 18.9. The van der Waals surface area contributed by atoms with E-state index >= 15 is 0 Å². The van der Waals surface area contributed by atoms with E-state index < -0.39 is 134 Å². The minimum atomic E-state index is -2.12. The van der Waals surface area contributed by atoms with E-state index in [-0.39, 0.29) is 40.4 Å². The highest BCUT2D eigenvalue weighted by molar-refractivity contribution is 5.77. The monoisotopic (exact) mass is 940 g/mol. The minimum Gasteiger partial charge on any atom is -0.481 e. The molecule has 8 aliphatic rings. The Balaban J connectivity index is 1.12. The average molecular weight is 941 g/mol. The number of aliphatic carboxylic acids is 2. The highest BCUT2D eigenvalue weighted by atomic mass is 16.8. The number of aliphatic hydroxyl groups is 8. The Hall–Kier alpha value is -2.21. The molecule has 10 N–H and O–H groups in total. The fraction of sp³-hybridized carbons (Fsp3) is 0.894. The molecule has 0 aromatic rings. The van der Waals surface area contributed by atoms with Crippen molar-refractivity contribution in [2.24, 2.45) is 50.2 Å². The summed E-state index contributed by atoms with van der Waals surface area (Å²) in [6, 6.07) is 0. The van der Waals surface area contributed by atoms with E-state index in [0.717, 1.165) is 32.0 Å². The molecular formula is C47H72O19. The SMILES string of the molecule is CC1(C)CC[C@]2(C(=O)O)CC[C@]3(C)C(=CC[C@@H]4[C@@]5(C)CC[C@H](O[C@@H]6O[C@H](C(=O)O)[C@@H](O)[C@H](O[C@@H]7OC[C@@H](O)[C@@H](O)[C@H]7O)[C@H]6O[C@@H]6O[C@H](CO)[C@H](O)[C@H](O)[C@H]6O)[C@@](C)(C=O)[C@@H]5CC[C@]43C)[C@H]2C1. The molecule has 0 bridgehead atoms. The van der Waals surface area contributed by atoms with Gasteiger partial charge < -0.3 is 84.3 Å². The van der Waals surface area contributed by atoms with Crippen molar-refractivity contribution in [1.29, 1.82) is 0 Å². The predicted molar refractivity (Wildman–Crippen MR) is 226 cm³/mol. The molecule has 8 rings (SSSR count). The van der Waals surface area contributed by atoms with Crippen LogP contribution in [0.3, 0.4) is 0 Å². The van der Waals surface area contributed by atoms with E-state index in [2.05, 4.69) is 40.7 Å². The number of carbonyl (C=O) groups excluding carboxylic acids is 1. The molecule has 5 aliphatic carbocycles.